The number of rotatable bonds is 4. The van der Waals surface area contributed by atoms with E-state index in [1.807, 2.05) is 0 Å². The first kappa shape index (κ1) is 33.8. The number of carboxylic acid groups (broad SMARTS) is 4. The Kier molecular flexibility index (Phi) is 26.1. The topological polar surface area (TPSA) is 229 Å². The van der Waals surface area contributed by atoms with Gasteiger partial charge in [-0.1, -0.05) is 0 Å². The molecule has 13 heteroatoms. The SMILES string of the molecule is CC(=O)C(=O)[O-].CC(=O)C(=O)[O-].CC(=O)C(=O)[O-].CC(=O)C(=O)[O-].[Ti+4]. The average molecular weight is 396 g/mol. The number of Topliss-reactive ketones (excluding diaryl/α,β-unsaturated/α-hetero) is 4. The van der Waals surface area contributed by atoms with E-state index in [0.29, 0.717) is 0 Å². The molecule has 0 amide bonds. The van der Waals surface area contributed by atoms with Gasteiger partial charge >= 0.3 is 21.7 Å². The Morgan fingerprint density at radius 1 is 0.400 bits per heavy atom. The van der Waals surface area contributed by atoms with E-state index in [1.54, 1.807) is 0 Å². The van der Waals surface area contributed by atoms with Crippen LogP contribution in [0.3, 0.4) is 0 Å². The zero-order valence-electron chi connectivity index (χ0n) is 13.4. The van der Waals surface area contributed by atoms with Crippen molar-refractivity contribution >= 4 is 47.0 Å². The summed E-state index contributed by atoms with van der Waals surface area (Å²) in [6.07, 6.45) is 0. The molecule has 136 valence electrons. The second kappa shape index (κ2) is 19.3. The summed E-state index contributed by atoms with van der Waals surface area (Å²) in [7, 11) is 0. The summed E-state index contributed by atoms with van der Waals surface area (Å²) in [6, 6.07) is 0. The second-order valence-electron chi connectivity index (χ2n) is 3.37. The molecule has 12 nitrogen and oxygen atoms in total. The Balaban J connectivity index is -0.0000000702. The van der Waals surface area contributed by atoms with Gasteiger partial charge in [0, 0.05) is 27.7 Å². The van der Waals surface area contributed by atoms with Gasteiger partial charge in [-0.15, -0.1) is 0 Å². The summed E-state index contributed by atoms with van der Waals surface area (Å²) in [6.45, 7) is 3.76. The minimum Gasteiger partial charge on any atom is -0.542 e. The summed E-state index contributed by atoms with van der Waals surface area (Å²) >= 11 is 0. The minimum atomic E-state index is -1.63. The molecule has 0 fully saturated rings. The molecule has 0 aliphatic carbocycles. The number of carbonyl (C=O) groups is 8. The first-order chi connectivity index (χ1) is 10.6. The largest absolute Gasteiger partial charge is 4.00 e. The molecule has 0 saturated heterocycles. The van der Waals surface area contributed by atoms with Gasteiger partial charge in [0.1, 0.15) is 23.9 Å². The third-order valence-electron chi connectivity index (χ3n) is 1.15. The van der Waals surface area contributed by atoms with Crippen molar-refractivity contribution in [3.8, 4) is 0 Å². The van der Waals surface area contributed by atoms with Crippen molar-refractivity contribution in [2.24, 2.45) is 0 Å². The van der Waals surface area contributed by atoms with Gasteiger partial charge in [0.15, 0.2) is 23.1 Å². The molecule has 0 aromatic heterocycles. The molecule has 0 aromatic carbocycles. The number of hydrogen-bond donors (Lipinski definition) is 0. The van der Waals surface area contributed by atoms with E-state index in [0.717, 1.165) is 27.7 Å². The van der Waals surface area contributed by atoms with Crippen LogP contribution in [0.1, 0.15) is 27.7 Å². The zero-order chi connectivity index (χ0) is 20.6. The van der Waals surface area contributed by atoms with Gasteiger partial charge in [-0.2, -0.15) is 0 Å². The van der Waals surface area contributed by atoms with Gasteiger partial charge in [0.05, 0.1) is 0 Å². The van der Waals surface area contributed by atoms with Crippen LogP contribution in [0, 0.1) is 0 Å². The Labute approximate surface area is 155 Å². The van der Waals surface area contributed by atoms with Crippen molar-refractivity contribution in [3.63, 3.8) is 0 Å². The van der Waals surface area contributed by atoms with Crippen LogP contribution in [-0.2, 0) is 60.1 Å². The molecule has 0 spiro atoms. The fourth-order valence-electron chi connectivity index (χ4n) is 0. The third kappa shape index (κ3) is 44.9. The number of aliphatic carboxylic acids is 4. The van der Waals surface area contributed by atoms with Gasteiger partial charge in [-0.05, 0) is 0 Å². The van der Waals surface area contributed by atoms with E-state index in [1.165, 1.54) is 0 Å². The van der Waals surface area contributed by atoms with E-state index >= 15 is 0 Å². The van der Waals surface area contributed by atoms with Crippen LogP contribution in [0.15, 0.2) is 0 Å². The normalized spacial score (nSPS) is 7.20. The predicted molar refractivity (Wildman–Crippen MR) is 62.8 cm³/mol. The molecule has 0 saturated carbocycles. The van der Waals surface area contributed by atoms with Gasteiger partial charge in [-0.25, -0.2) is 0 Å². The minimum absolute atomic E-state index is 0. The fraction of sp³-hybridized carbons (Fsp3) is 0.333. The quantitative estimate of drug-likeness (QED) is 0.319. The summed E-state index contributed by atoms with van der Waals surface area (Å²) < 4.78 is 0. The summed E-state index contributed by atoms with van der Waals surface area (Å²) in [4.78, 5) is 74.9. The maximum atomic E-state index is 9.48. The van der Waals surface area contributed by atoms with Crippen molar-refractivity contribution in [3.05, 3.63) is 0 Å². The van der Waals surface area contributed by atoms with Crippen LogP contribution in [0.4, 0.5) is 0 Å². The summed E-state index contributed by atoms with van der Waals surface area (Å²) in [5, 5.41) is 37.0. The number of carbonyl (C=O) groups excluding carboxylic acids is 8. The van der Waals surface area contributed by atoms with Crippen LogP contribution in [0.2, 0.25) is 0 Å². The summed E-state index contributed by atoms with van der Waals surface area (Å²) in [5.74, 6) is -10.3. The molecule has 0 aliphatic rings. The van der Waals surface area contributed by atoms with Crippen molar-refractivity contribution in [1.29, 1.82) is 0 Å². The predicted octanol–water partition coefficient (Wildman–Crippen LogP) is -6.70. The number of carboxylic acids is 4. The van der Waals surface area contributed by atoms with Gasteiger partial charge in [0.2, 0.25) is 0 Å². The molecule has 0 atom stereocenters. The zero-order valence-corrected chi connectivity index (χ0v) is 15.0. The molecule has 0 unspecified atom stereocenters. The van der Waals surface area contributed by atoms with Gasteiger partial charge in [-0.3, -0.25) is 19.2 Å². The average Bonchev–Trinajstić information content (AvgIpc) is 2.40. The fourth-order valence-corrected chi connectivity index (χ4v) is 0. The Morgan fingerprint density at radius 3 is 0.440 bits per heavy atom. The van der Waals surface area contributed by atoms with Gasteiger partial charge < -0.3 is 39.6 Å². The van der Waals surface area contributed by atoms with E-state index < -0.39 is 47.0 Å². The summed E-state index contributed by atoms with van der Waals surface area (Å²) in [5.41, 5.74) is 0. The second-order valence-corrected chi connectivity index (χ2v) is 3.37. The molecule has 25 heavy (non-hydrogen) atoms. The molecule has 0 rings (SSSR count). The van der Waals surface area contributed by atoms with Crippen molar-refractivity contribution in [2.45, 2.75) is 27.7 Å². The Hall–Kier alpha value is -2.73. The van der Waals surface area contributed by atoms with Crippen molar-refractivity contribution in [1.82, 2.24) is 0 Å². The van der Waals surface area contributed by atoms with Crippen LogP contribution in [0.5, 0.6) is 0 Å². The molecule has 0 radical (unpaired) electrons. The molecule has 0 N–H and O–H groups in total. The molecule has 0 aliphatic heterocycles. The molecular weight excluding hydrogens is 384 g/mol. The van der Waals surface area contributed by atoms with Crippen LogP contribution < -0.4 is 20.4 Å². The Bertz CT molecular complexity index is 390. The number of ketones is 4. The Morgan fingerprint density at radius 2 is 0.440 bits per heavy atom. The first-order valence-corrected chi connectivity index (χ1v) is 5.45. The molecule has 0 heterocycles. The molecule has 0 bridgehead atoms. The van der Waals surface area contributed by atoms with Crippen molar-refractivity contribution in [2.75, 3.05) is 0 Å². The van der Waals surface area contributed by atoms with E-state index in [-0.39, 0.29) is 21.7 Å². The number of hydrogen-bond acceptors (Lipinski definition) is 12. The van der Waals surface area contributed by atoms with Crippen LogP contribution in [0.25, 0.3) is 0 Å². The molecular formula is C12H12O12Ti. The molecule has 0 aromatic rings. The standard InChI is InChI=1S/4C3H4O3.Ti/c4*1-2(4)3(5)6;/h4*1H3,(H,5,6);/q;;;;+4/p-4. The monoisotopic (exact) mass is 396 g/mol. The van der Waals surface area contributed by atoms with Gasteiger partial charge in [0.25, 0.3) is 0 Å². The van der Waals surface area contributed by atoms with E-state index in [4.69, 9.17) is 0 Å². The first-order valence-electron chi connectivity index (χ1n) is 5.45. The maximum Gasteiger partial charge on any atom is 4.00 e. The third-order valence-corrected chi connectivity index (χ3v) is 1.15. The smallest absolute Gasteiger partial charge is 0.542 e. The van der Waals surface area contributed by atoms with E-state index in [2.05, 4.69) is 0 Å². The van der Waals surface area contributed by atoms with Crippen LogP contribution >= 0.6 is 0 Å². The van der Waals surface area contributed by atoms with Crippen molar-refractivity contribution < 1.29 is 80.5 Å². The maximum absolute atomic E-state index is 9.48. The van der Waals surface area contributed by atoms with Crippen LogP contribution in [-0.4, -0.2) is 47.0 Å². The van der Waals surface area contributed by atoms with E-state index in [9.17, 15) is 58.8 Å².